The van der Waals surface area contributed by atoms with E-state index in [1.54, 1.807) is 12.5 Å². The first-order valence-electron chi connectivity index (χ1n) is 9.79. The van der Waals surface area contributed by atoms with Crippen LogP contribution < -0.4 is 5.73 Å². The van der Waals surface area contributed by atoms with Gasteiger partial charge in [-0.25, -0.2) is 4.98 Å². The molecule has 0 amide bonds. The van der Waals surface area contributed by atoms with Gasteiger partial charge in [0.2, 0.25) is 0 Å². The monoisotopic (exact) mass is 406 g/mol. The van der Waals surface area contributed by atoms with E-state index < -0.39 is 0 Å². The average molecular weight is 406 g/mol. The first-order valence-corrected chi connectivity index (χ1v) is 9.79. The van der Waals surface area contributed by atoms with Crippen LogP contribution in [0.2, 0.25) is 0 Å². The lowest BCUT2D eigenvalue weighted by atomic mass is 10.0. The van der Waals surface area contributed by atoms with Gasteiger partial charge in [-0.3, -0.25) is 4.90 Å². The van der Waals surface area contributed by atoms with Gasteiger partial charge in [-0.1, -0.05) is 29.7 Å². The molecule has 0 aliphatic carbocycles. The van der Waals surface area contributed by atoms with Crippen molar-refractivity contribution in [1.29, 1.82) is 0 Å². The maximum absolute atomic E-state index is 6.17. The summed E-state index contributed by atoms with van der Waals surface area (Å²) in [7, 11) is 5.91. The van der Waals surface area contributed by atoms with E-state index in [0.29, 0.717) is 17.9 Å². The first-order chi connectivity index (χ1) is 15.0. The Bertz CT molecular complexity index is 1360. The van der Waals surface area contributed by atoms with Crippen molar-refractivity contribution in [2.45, 2.75) is 0 Å². The minimum Gasteiger partial charge on any atom is -0.383 e. The molecule has 0 bridgehead atoms. The summed E-state index contributed by atoms with van der Waals surface area (Å²) in [6, 6.07) is 13.9. The van der Waals surface area contributed by atoms with Crippen LogP contribution in [0.1, 0.15) is 16.7 Å². The zero-order chi connectivity index (χ0) is 21.8. The molecule has 152 valence electrons. The second-order valence-electron chi connectivity index (χ2n) is 7.45. The predicted molar refractivity (Wildman–Crippen MR) is 124 cm³/mol. The maximum Gasteiger partial charge on any atom is 0.163 e. The zero-order valence-electron chi connectivity index (χ0n) is 17.7. The SMILES string of the molecule is CN(C)CC#Cc1ccc2cnc(N)c(C#Cc3ccc(-c4nncn4C)cc3)c2c1. The van der Waals surface area contributed by atoms with E-state index in [1.807, 2.05) is 73.1 Å². The maximum atomic E-state index is 6.17. The minimum absolute atomic E-state index is 0.411. The lowest BCUT2D eigenvalue weighted by molar-refractivity contribution is 0.464. The van der Waals surface area contributed by atoms with Crippen LogP contribution in [0.4, 0.5) is 5.82 Å². The van der Waals surface area contributed by atoms with Gasteiger partial charge in [0.25, 0.3) is 0 Å². The molecular formula is C25H22N6. The predicted octanol–water partition coefficient (Wildman–Crippen LogP) is 2.93. The van der Waals surface area contributed by atoms with Crippen molar-refractivity contribution in [2.75, 3.05) is 26.4 Å². The van der Waals surface area contributed by atoms with Crippen LogP contribution in [-0.4, -0.2) is 45.3 Å². The molecular weight excluding hydrogens is 384 g/mol. The van der Waals surface area contributed by atoms with E-state index in [0.717, 1.165) is 33.3 Å². The van der Waals surface area contributed by atoms with Crippen LogP contribution in [0.25, 0.3) is 22.2 Å². The van der Waals surface area contributed by atoms with Crippen molar-refractivity contribution in [3.05, 3.63) is 71.7 Å². The molecule has 0 radical (unpaired) electrons. The summed E-state index contributed by atoms with van der Waals surface area (Å²) in [5, 5.41) is 9.99. The number of hydrogen-bond acceptors (Lipinski definition) is 5. The molecule has 0 unspecified atom stereocenters. The third-order valence-corrected chi connectivity index (χ3v) is 4.74. The van der Waals surface area contributed by atoms with Gasteiger partial charge < -0.3 is 10.3 Å². The fourth-order valence-corrected chi connectivity index (χ4v) is 3.12. The summed E-state index contributed by atoms with van der Waals surface area (Å²) in [5.41, 5.74) is 9.68. The zero-order valence-corrected chi connectivity index (χ0v) is 17.7. The van der Waals surface area contributed by atoms with Gasteiger partial charge in [0.1, 0.15) is 12.1 Å². The largest absolute Gasteiger partial charge is 0.383 e. The van der Waals surface area contributed by atoms with Crippen LogP contribution in [0.15, 0.2) is 55.0 Å². The molecule has 0 saturated carbocycles. The first kappa shape index (κ1) is 20.2. The van der Waals surface area contributed by atoms with Gasteiger partial charge >= 0.3 is 0 Å². The highest BCUT2D eigenvalue weighted by molar-refractivity contribution is 5.92. The molecule has 6 heteroatoms. The molecule has 0 fully saturated rings. The third kappa shape index (κ3) is 4.56. The molecule has 2 aromatic heterocycles. The molecule has 0 aliphatic heterocycles. The van der Waals surface area contributed by atoms with Crippen molar-refractivity contribution in [3.8, 4) is 35.1 Å². The quantitative estimate of drug-likeness (QED) is 0.518. The number of nitrogen functional groups attached to an aromatic ring is 1. The van der Waals surface area contributed by atoms with Gasteiger partial charge in [0.05, 0.1) is 12.1 Å². The van der Waals surface area contributed by atoms with Gasteiger partial charge in [-0.05, 0) is 50.5 Å². The number of anilines is 1. The standard InChI is InChI=1S/C25H22N6/c1-30(2)14-4-5-19-8-12-21-16-27-24(26)22(23(21)15-19)13-9-18-6-10-20(11-7-18)25-29-28-17-31(25)3/h6-8,10-12,15-17H,14H2,1-3H3,(H2,26,27). The molecule has 2 heterocycles. The number of nitrogens with two attached hydrogens (primary N) is 1. The van der Waals surface area contributed by atoms with Crippen LogP contribution in [0, 0.1) is 23.7 Å². The molecule has 0 saturated heterocycles. The number of aromatic nitrogens is 4. The Labute approximate surface area is 181 Å². The molecule has 4 rings (SSSR count). The molecule has 2 N–H and O–H groups in total. The van der Waals surface area contributed by atoms with Crippen molar-refractivity contribution < 1.29 is 0 Å². The molecule has 0 aliphatic rings. The van der Waals surface area contributed by atoms with E-state index >= 15 is 0 Å². The van der Waals surface area contributed by atoms with Crippen molar-refractivity contribution in [3.63, 3.8) is 0 Å². The van der Waals surface area contributed by atoms with E-state index in [4.69, 9.17) is 5.73 Å². The number of nitrogens with zero attached hydrogens (tertiary/aromatic N) is 5. The Kier molecular flexibility index (Phi) is 5.66. The number of benzene rings is 2. The van der Waals surface area contributed by atoms with Crippen LogP contribution in [0.3, 0.4) is 0 Å². The molecule has 4 aromatic rings. The second kappa shape index (κ2) is 8.71. The Morgan fingerprint density at radius 1 is 1.00 bits per heavy atom. The van der Waals surface area contributed by atoms with Gasteiger partial charge in [0.15, 0.2) is 5.82 Å². The Morgan fingerprint density at radius 2 is 1.77 bits per heavy atom. The van der Waals surface area contributed by atoms with Gasteiger partial charge in [-0.2, -0.15) is 0 Å². The number of pyridine rings is 1. The topological polar surface area (TPSA) is 72.9 Å². The highest BCUT2D eigenvalue weighted by Crippen LogP contribution is 2.23. The highest BCUT2D eigenvalue weighted by Gasteiger charge is 2.06. The smallest absolute Gasteiger partial charge is 0.163 e. The van der Waals surface area contributed by atoms with E-state index in [1.165, 1.54) is 0 Å². The van der Waals surface area contributed by atoms with Crippen molar-refractivity contribution in [2.24, 2.45) is 7.05 Å². The summed E-state index contributed by atoms with van der Waals surface area (Å²) >= 11 is 0. The third-order valence-electron chi connectivity index (χ3n) is 4.74. The minimum atomic E-state index is 0.411. The number of rotatable bonds is 2. The number of fused-ring (bicyclic) bond motifs is 1. The molecule has 31 heavy (non-hydrogen) atoms. The number of aryl methyl sites for hydroxylation is 1. The Morgan fingerprint density at radius 3 is 2.48 bits per heavy atom. The van der Waals surface area contributed by atoms with Gasteiger partial charge in [-0.15, -0.1) is 10.2 Å². The molecule has 0 spiro atoms. The molecule has 0 atom stereocenters. The van der Waals surface area contributed by atoms with E-state index in [-0.39, 0.29) is 0 Å². The summed E-state index contributed by atoms with van der Waals surface area (Å²) in [4.78, 5) is 6.34. The lowest BCUT2D eigenvalue weighted by Gasteiger charge is -2.05. The lowest BCUT2D eigenvalue weighted by Crippen LogP contribution is -2.10. The normalized spacial score (nSPS) is 10.5. The second-order valence-corrected chi connectivity index (χ2v) is 7.45. The summed E-state index contributed by atoms with van der Waals surface area (Å²) in [5.74, 6) is 14.0. The van der Waals surface area contributed by atoms with Crippen LogP contribution >= 0.6 is 0 Å². The summed E-state index contributed by atoms with van der Waals surface area (Å²) in [6.07, 6.45) is 3.45. The highest BCUT2D eigenvalue weighted by atomic mass is 15.2. The molecule has 6 nitrogen and oxygen atoms in total. The number of hydrogen-bond donors (Lipinski definition) is 1. The summed E-state index contributed by atoms with van der Waals surface area (Å²) in [6.45, 7) is 0.702. The summed E-state index contributed by atoms with van der Waals surface area (Å²) < 4.78 is 1.88. The fraction of sp³-hybridized carbons (Fsp3) is 0.160. The Hall–Kier alpha value is -4.13. The Balaban J connectivity index is 1.68. The van der Waals surface area contributed by atoms with E-state index in [9.17, 15) is 0 Å². The van der Waals surface area contributed by atoms with Gasteiger partial charge in [0, 0.05) is 40.7 Å². The average Bonchev–Trinajstić information content (AvgIpc) is 3.19. The van der Waals surface area contributed by atoms with Crippen LogP contribution in [-0.2, 0) is 7.05 Å². The van der Waals surface area contributed by atoms with Crippen molar-refractivity contribution in [1.82, 2.24) is 24.6 Å². The van der Waals surface area contributed by atoms with E-state index in [2.05, 4.69) is 38.9 Å². The van der Waals surface area contributed by atoms with Crippen molar-refractivity contribution >= 4 is 16.6 Å². The fourth-order valence-electron chi connectivity index (χ4n) is 3.12. The molecule has 2 aromatic carbocycles. The van der Waals surface area contributed by atoms with Crippen LogP contribution in [0.5, 0.6) is 0 Å².